The molecule has 2 heterocycles. The summed E-state index contributed by atoms with van der Waals surface area (Å²) in [4.78, 5) is 0. The van der Waals surface area contributed by atoms with Gasteiger partial charge in [-0.3, -0.25) is 4.68 Å². The maximum Gasteiger partial charge on any atom is 0.153 e. The lowest BCUT2D eigenvalue weighted by Gasteiger charge is -2.26. The van der Waals surface area contributed by atoms with Crippen LogP contribution in [0.4, 0.5) is 11.5 Å². The summed E-state index contributed by atoms with van der Waals surface area (Å²) >= 11 is 0. The van der Waals surface area contributed by atoms with Gasteiger partial charge in [-0.2, -0.15) is 15.6 Å². The van der Waals surface area contributed by atoms with E-state index >= 15 is 0 Å². The molecule has 7 nitrogen and oxygen atoms in total. The summed E-state index contributed by atoms with van der Waals surface area (Å²) in [5.74, 6) is -0.0138. The Labute approximate surface area is 174 Å². The molecule has 3 aromatic rings. The molecule has 148 valence electrons. The number of benzene rings is 2. The topological polar surface area (TPSA) is 129 Å². The Balaban J connectivity index is 1.80. The number of nitriles is 2. The molecule has 0 saturated heterocycles. The molecule has 0 amide bonds. The summed E-state index contributed by atoms with van der Waals surface area (Å²) < 4.78 is 1.85. The molecule has 0 aliphatic carbocycles. The minimum absolute atomic E-state index is 0.412. The number of allylic oxidation sites excluding steroid dienone is 4. The first-order chi connectivity index (χ1) is 14.4. The van der Waals surface area contributed by atoms with Crippen LogP contribution in [0.1, 0.15) is 30.9 Å². The second-order valence-corrected chi connectivity index (χ2v) is 7.42. The highest BCUT2D eigenvalue weighted by Crippen LogP contribution is 2.38. The molecular formula is C23H21N7. The summed E-state index contributed by atoms with van der Waals surface area (Å²) in [6.45, 7) is 4.26. The zero-order chi connectivity index (χ0) is 21.4. The third kappa shape index (κ3) is 3.13. The summed E-state index contributed by atoms with van der Waals surface area (Å²) in [5.41, 5.74) is 18.1. The summed E-state index contributed by atoms with van der Waals surface area (Å²) in [6, 6.07) is 18.0. The van der Waals surface area contributed by atoms with E-state index in [1.807, 2.05) is 61.0 Å². The van der Waals surface area contributed by atoms with Gasteiger partial charge in [0.1, 0.15) is 0 Å². The van der Waals surface area contributed by atoms with Gasteiger partial charge >= 0.3 is 0 Å². The van der Waals surface area contributed by atoms with Crippen LogP contribution in [-0.4, -0.2) is 9.78 Å². The van der Waals surface area contributed by atoms with Gasteiger partial charge in [0.05, 0.1) is 41.3 Å². The van der Waals surface area contributed by atoms with Crippen molar-refractivity contribution in [1.82, 2.24) is 15.1 Å². The summed E-state index contributed by atoms with van der Waals surface area (Å²) in [6.07, 6.45) is 0. The van der Waals surface area contributed by atoms with Gasteiger partial charge in [0, 0.05) is 22.5 Å². The number of rotatable bonds is 3. The van der Waals surface area contributed by atoms with Gasteiger partial charge in [-0.25, -0.2) is 0 Å². The maximum absolute atomic E-state index is 9.72. The number of nitrogens with zero attached hydrogens (tertiary/aromatic N) is 4. The number of fused-ring (bicyclic) bond motifs is 1. The van der Waals surface area contributed by atoms with E-state index in [9.17, 15) is 10.5 Å². The molecule has 0 spiro atoms. The zero-order valence-corrected chi connectivity index (χ0v) is 16.8. The van der Waals surface area contributed by atoms with E-state index in [0.717, 1.165) is 33.4 Å². The van der Waals surface area contributed by atoms with Gasteiger partial charge in [-0.15, -0.1) is 0 Å². The normalized spacial score (nSPS) is 14.5. The molecule has 1 aromatic heterocycles. The molecule has 0 fully saturated rings. The number of aromatic nitrogens is 2. The zero-order valence-electron chi connectivity index (χ0n) is 16.8. The van der Waals surface area contributed by atoms with Crippen LogP contribution < -0.4 is 16.8 Å². The average Bonchev–Trinajstić information content (AvgIpc) is 3.04. The number of dihydropyridines is 1. The lowest BCUT2D eigenvalue weighted by Crippen LogP contribution is -2.23. The molecule has 0 saturated carbocycles. The molecule has 2 aromatic carbocycles. The first kappa shape index (κ1) is 19.1. The Morgan fingerprint density at radius 1 is 1.00 bits per heavy atom. The second kappa shape index (κ2) is 7.31. The Hall–Kier alpha value is -4.23. The van der Waals surface area contributed by atoms with Crippen LogP contribution in [0.25, 0.3) is 10.9 Å². The molecule has 0 atom stereocenters. The smallest absolute Gasteiger partial charge is 0.153 e. The Kier molecular flexibility index (Phi) is 4.65. The van der Waals surface area contributed by atoms with E-state index in [1.54, 1.807) is 0 Å². The van der Waals surface area contributed by atoms with Crippen molar-refractivity contribution in [2.75, 3.05) is 11.5 Å². The number of nitrogens with two attached hydrogens (primary N) is 2. The fourth-order valence-corrected chi connectivity index (χ4v) is 3.94. The van der Waals surface area contributed by atoms with Gasteiger partial charge in [0.2, 0.25) is 0 Å². The molecule has 0 bridgehead atoms. The van der Waals surface area contributed by atoms with E-state index in [2.05, 4.69) is 22.6 Å². The van der Waals surface area contributed by atoms with Crippen LogP contribution in [0, 0.1) is 22.7 Å². The quantitative estimate of drug-likeness (QED) is 0.582. The average molecular weight is 395 g/mol. The lowest BCUT2D eigenvalue weighted by molar-refractivity contribution is 0.716. The highest BCUT2D eigenvalue weighted by molar-refractivity contribution is 5.90. The molecule has 5 N–H and O–H groups in total. The third-order valence-electron chi connectivity index (χ3n) is 5.45. The summed E-state index contributed by atoms with van der Waals surface area (Å²) in [7, 11) is 0. The van der Waals surface area contributed by atoms with Crippen molar-refractivity contribution in [3.8, 4) is 12.1 Å². The minimum atomic E-state index is -0.425. The van der Waals surface area contributed by atoms with Gasteiger partial charge in [0.15, 0.2) is 5.82 Å². The predicted octanol–water partition coefficient (Wildman–Crippen LogP) is 3.53. The maximum atomic E-state index is 9.72. The van der Waals surface area contributed by atoms with Crippen molar-refractivity contribution >= 4 is 22.4 Å². The van der Waals surface area contributed by atoms with Crippen LogP contribution in [-0.2, 0) is 6.54 Å². The Morgan fingerprint density at radius 2 is 1.63 bits per heavy atom. The highest BCUT2D eigenvalue weighted by atomic mass is 15.3. The van der Waals surface area contributed by atoms with Crippen LogP contribution in [0.3, 0.4) is 0 Å². The largest absolute Gasteiger partial charge is 0.399 e. The number of nitrogens with one attached hydrogen (secondary N) is 1. The van der Waals surface area contributed by atoms with E-state index < -0.39 is 5.92 Å². The van der Waals surface area contributed by atoms with Crippen molar-refractivity contribution in [3.63, 3.8) is 0 Å². The van der Waals surface area contributed by atoms with E-state index in [4.69, 9.17) is 11.5 Å². The Bertz CT molecular complexity index is 1260. The van der Waals surface area contributed by atoms with Crippen molar-refractivity contribution in [1.29, 1.82) is 10.5 Å². The lowest BCUT2D eigenvalue weighted by atomic mass is 9.81. The van der Waals surface area contributed by atoms with E-state index in [1.165, 1.54) is 0 Å². The van der Waals surface area contributed by atoms with Crippen molar-refractivity contribution in [2.24, 2.45) is 0 Å². The molecule has 7 heteroatoms. The standard InChI is InChI=1S/C23H21N7/c1-13-19(10-24)22(20(11-25)14(2)28-13)16-5-8-21-18(9-16)23(27)29-30(21)12-15-3-6-17(26)7-4-15/h3-9,22,28H,12,26H2,1-2H3,(H2,27,29). The number of anilines is 2. The van der Waals surface area contributed by atoms with Crippen LogP contribution >= 0.6 is 0 Å². The number of hydrogen-bond donors (Lipinski definition) is 3. The fourth-order valence-electron chi connectivity index (χ4n) is 3.94. The van der Waals surface area contributed by atoms with Crippen LogP contribution in [0.5, 0.6) is 0 Å². The van der Waals surface area contributed by atoms with E-state index in [0.29, 0.717) is 29.2 Å². The monoisotopic (exact) mass is 395 g/mol. The van der Waals surface area contributed by atoms with Crippen molar-refractivity contribution < 1.29 is 0 Å². The van der Waals surface area contributed by atoms with Gasteiger partial charge in [0.25, 0.3) is 0 Å². The SMILES string of the molecule is CC1=C(C#N)C(c2ccc3c(c2)c(N)nn3Cc2ccc(N)cc2)C(C#N)=C(C)N1. The van der Waals surface area contributed by atoms with E-state index in [-0.39, 0.29) is 0 Å². The highest BCUT2D eigenvalue weighted by Gasteiger charge is 2.29. The van der Waals surface area contributed by atoms with Gasteiger partial charge in [-0.1, -0.05) is 18.2 Å². The second-order valence-electron chi connectivity index (χ2n) is 7.42. The first-order valence-corrected chi connectivity index (χ1v) is 9.52. The predicted molar refractivity (Wildman–Crippen MR) is 117 cm³/mol. The molecule has 1 aliphatic heterocycles. The number of hydrogen-bond acceptors (Lipinski definition) is 6. The van der Waals surface area contributed by atoms with Crippen LogP contribution in [0.2, 0.25) is 0 Å². The molecule has 0 unspecified atom stereocenters. The molecule has 1 aliphatic rings. The third-order valence-corrected chi connectivity index (χ3v) is 5.45. The van der Waals surface area contributed by atoms with Gasteiger partial charge in [-0.05, 0) is 49.2 Å². The molecular weight excluding hydrogens is 374 g/mol. The molecule has 0 radical (unpaired) electrons. The minimum Gasteiger partial charge on any atom is -0.399 e. The summed E-state index contributed by atoms with van der Waals surface area (Å²) in [5, 5.41) is 27.9. The number of nitrogen functional groups attached to an aromatic ring is 2. The van der Waals surface area contributed by atoms with Crippen molar-refractivity contribution in [3.05, 3.63) is 76.1 Å². The molecule has 4 rings (SSSR count). The van der Waals surface area contributed by atoms with Crippen LogP contribution in [0.15, 0.2) is 65.0 Å². The van der Waals surface area contributed by atoms with Gasteiger partial charge < -0.3 is 16.8 Å². The fraction of sp³-hybridized carbons (Fsp3) is 0.174. The Morgan fingerprint density at radius 3 is 2.23 bits per heavy atom. The molecule has 30 heavy (non-hydrogen) atoms. The van der Waals surface area contributed by atoms with Crippen molar-refractivity contribution in [2.45, 2.75) is 26.3 Å². The first-order valence-electron chi connectivity index (χ1n) is 9.52.